The first-order chi connectivity index (χ1) is 23.3. The zero-order valence-corrected chi connectivity index (χ0v) is 30.2. The lowest BCUT2D eigenvalue weighted by Crippen LogP contribution is -2.72. The minimum absolute atomic E-state index is 0.493. The molecule has 47 heavy (non-hydrogen) atoms. The smallest absolute Gasteiger partial charge is 0.0624 e. The van der Waals surface area contributed by atoms with E-state index >= 15 is 0 Å². The van der Waals surface area contributed by atoms with Gasteiger partial charge in [-0.2, -0.15) is 0 Å². The van der Waals surface area contributed by atoms with Crippen LogP contribution in [0, 0.1) is 65.1 Å². The van der Waals surface area contributed by atoms with E-state index in [0.29, 0.717) is 30.7 Å². The van der Waals surface area contributed by atoms with Crippen LogP contribution in [0.15, 0.2) is 0 Å². The molecule has 12 unspecified atom stereocenters. The molecule has 0 aromatic carbocycles. The van der Waals surface area contributed by atoms with Gasteiger partial charge in [-0.1, -0.05) is 103 Å². The van der Waals surface area contributed by atoms with Crippen LogP contribution in [0.25, 0.3) is 0 Å². The number of ether oxygens (including phenoxy) is 1. The second kappa shape index (κ2) is 14.8. The van der Waals surface area contributed by atoms with Gasteiger partial charge < -0.3 is 4.74 Å². The monoisotopic (exact) mass is 648 g/mol. The van der Waals surface area contributed by atoms with Crippen molar-refractivity contribution in [2.24, 2.45) is 65.1 Å². The molecule has 0 aromatic heterocycles. The van der Waals surface area contributed by atoms with Crippen LogP contribution in [-0.4, -0.2) is 30.7 Å². The lowest BCUT2D eigenvalue weighted by atomic mass is 9.52. The topological polar surface area (TPSA) is 45.3 Å². The van der Waals surface area contributed by atoms with Gasteiger partial charge in [0.1, 0.15) is 0 Å². The molecule has 0 spiro atoms. The van der Waals surface area contributed by atoms with E-state index < -0.39 is 0 Å². The Kier molecular flexibility index (Phi) is 10.3. The molecule has 7 aliphatic carbocycles. The van der Waals surface area contributed by atoms with Gasteiger partial charge in [-0.25, -0.2) is 0 Å². The molecule has 9 rings (SSSR count). The maximum absolute atomic E-state index is 7.30. The predicted molar refractivity (Wildman–Crippen MR) is 192 cm³/mol. The van der Waals surface area contributed by atoms with Gasteiger partial charge in [0.2, 0.25) is 0 Å². The van der Waals surface area contributed by atoms with E-state index in [0.717, 1.165) is 65.1 Å². The van der Waals surface area contributed by atoms with Crippen LogP contribution >= 0.6 is 0 Å². The summed E-state index contributed by atoms with van der Waals surface area (Å²) in [7, 11) is 0. The van der Waals surface area contributed by atoms with Gasteiger partial charge in [0, 0.05) is 0 Å². The molecular formula is C43H73N3O. The third kappa shape index (κ3) is 6.80. The Balaban J connectivity index is 0.901. The molecule has 7 saturated carbocycles. The molecule has 0 amide bonds. The van der Waals surface area contributed by atoms with Crippen LogP contribution in [0.1, 0.15) is 173 Å². The molecule has 9 aliphatic rings. The van der Waals surface area contributed by atoms with Gasteiger partial charge in [-0.15, -0.1) is 0 Å². The summed E-state index contributed by atoms with van der Waals surface area (Å²) in [5.41, 5.74) is 0. The van der Waals surface area contributed by atoms with Gasteiger partial charge in [-0.3, -0.25) is 16.0 Å². The zero-order chi connectivity index (χ0) is 31.2. The third-order valence-corrected chi connectivity index (χ3v) is 17.0. The number of nitrogens with one attached hydrogen (secondary N) is 3. The third-order valence-electron chi connectivity index (χ3n) is 17.0. The minimum Gasteiger partial charge on any atom is -0.374 e. The van der Waals surface area contributed by atoms with E-state index in [2.05, 4.69) is 16.0 Å². The molecule has 4 nitrogen and oxygen atoms in total. The molecule has 0 bridgehead atoms. The highest BCUT2D eigenvalue weighted by molar-refractivity contribution is 5.07. The molecular weight excluding hydrogens is 574 g/mol. The highest BCUT2D eigenvalue weighted by Gasteiger charge is 2.58. The zero-order valence-electron chi connectivity index (χ0n) is 30.2. The minimum atomic E-state index is 0.493. The molecule has 3 N–H and O–H groups in total. The van der Waals surface area contributed by atoms with Gasteiger partial charge in [0.15, 0.2) is 0 Å². The highest BCUT2D eigenvalue weighted by atomic mass is 16.5. The summed E-state index contributed by atoms with van der Waals surface area (Å²) in [6.07, 6.45) is 42.5. The Hall–Kier alpha value is -0.160. The van der Waals surface area contributed by atoms with E-state index in [1.54, 1.807) is 38.5 Å². The van der Waals surface area contributed by atoms with Gasteiger partial charge in [0.05, 0.1) is 30.7 Å². The standard InChI is InChI=1S/C43H73N3O/c1-4-13-28(14-5-1)31-19-12-20-32(25-31)36-27-39-40(35-22-11-10-21-34(35)36)37-26-33(23-24-38(37)47-39)43-45-41(29-15-6-2-7-16-29)44-42(46-43)30-17-8-3-9-18-30/h28-46H,1-27H2. The number of hydrogen-bond donors (Lipinski definition) is 3. The van der Waals surface area contributed by atoms with Crippen molar-refractivity contribution < 1.29 is 4.74 Å². The van der Waals surface area contributed by atoms with E-state index in [4.69, 9.17) is 4.74 Å². The first-order valence-corrected chi connectivity index (χ1v) is 22.2. The summed E-state index contributed by atoms with van der Waals surface area (Å²) in [5, 5.41) is 12.8. The summed E-state index contributed by atoms with van der Waals surface area (Å²) in [6, 6.07) is 0. The summed E-state index contributed by atoms with van der Waals surface area (Å²) in [6.45, 7) is 0. The van der Waals surface area contributed by atoms with Crippen molar-refractivity contribution in [3.05, 3.63) is 0 Å². The van der Waals surface area contributed by atoms with Gasteiger partial charge in [0.25, 0.3) is 0 Å². The lowest BCUT2D eigenvalue weighted by molar-refractivity contribution is -0.0710. The average Bonchev–Trinajstić information content (AvgIpc) is 3.53. The Labute approximate surface area is 289 Å². The lowest BCUT2D eigenvalue weighted by Gasteiger charge is -2.53. The van der Waals surface area contributed by atoms with E-state index in [1.165, 1.54) is 135 Å². The second-order valence-corrected chi connectivity index (χ2v) is 19.4. The Morgan fingerprint density at radius 1 is 0.298 bits per heavy atom. The fourth-order valence-corrected chi connectivity index (χ4v) is 14.8. The van der Waals surface area contributed by atoms with E-state index in [-0.39, 0.29) is 0 Å². The van der Waals surface area contributed by atoms with Crippen molar-refractivity contribution in [3.8, 4) is 0 Å². The van der Waals surface area contributed by atoms with Gasteiger partial charge in [-0.05, 0) is 136 Å². The van der Waals surface area contributed by atoms with Crippen molar-refractivity contribution in [1.29, 1.82) is 0 Å². The van der Waals surface area contributed by atoms with Crippen LogP contribution in [0.4, 0.5) is 0 Å². The van der Waals surface area contributed by atoms with E-state index in [9.17, 15) is 0 Å². The quantitative estimate of drug-likeness (QED) is 0.278. The van der Waals surface area contributed by atoms with Crippen LogP contribution in [-0.2, 0) is 4.74 Å². The van der Waals surface area contributed by atoms with Gasteiger partial charge >= 0.3 is 0 Å². The predicted octanol–water partition coefficient (Wildman–Crippen LogP) is 9.92. The molecule has 12 atom stereocenters. The molecule has 4 heteroatoms. The van der Waals surface area contributed by atoms with Crippen molar-refractivity contribution in [3.63, 3.8) is 0 Å². The van der Waals surface area contributed by atoms with Crippen molar-refractivity contribution in [2.45, 2.75) is 204 Å². The van der Waals surface area contributed by atoms with E-state index in [1.807, 2.05) is 0 Å². The summed E-state index contributed by atoms with van der Waals surface area (Å²) >= 11 is 0. The Bertz CT molecular complexity index is 975. The van der Waals surface area contributed by atoms with Crippen LogP contribution in [0.5, 0.6) is 0 Å². The normalized spacial score (nSPS) is 49.1. The number of hydrogen-bond acceptors (Lipinski definition) is 4. The Morgan fingerprint density at radius 2 is 0.830 bits per heavy atom. The molecule has 2 heterocycles. The second-order valence-electron chi connectivity index (χ2n) is 19.4. The molecule has 9 fully saturated rings. The summed E-state index contributed by atoms with van der Waals surface area (Å²) < 4.78 is 7.30. The summed E-state index contributed by atoms with van der Waals surface area (Å²) in [5.74, 6) is 10.2. The maximum atomic E-state index is 7.30. The number of rotatable bonds is 5. The van der Waals surface area contributed by atoms with Crippen LogP contribution in [0.2, 0.25) is 0 Å². The fraction of sp³-hybridized carbons (Fsp3) is 1.00. The fourth-order valence-electron chi connectivity index (χ4n) is 14.8. The first kappa shape index (κ1) is 32.7. The first-order valence-electron chi connectivity index (χ1n) is 22.2. The molecule has 0 radical (unpaired) electrons. The highest BCUT2D eigenvalue weighted by Crippen LogP contribution is 2.60. The molecule has 2 aliphatic heterocycles. The molecule has 2 saturated heterocycles. The van der Waals surface area contributed by atoms with Crippen molar-refractivity contribution in [1.82, 2.24) is 16.0 Å². The maximum Gasteiger partial charge on any atom is 0.0624 e. The van der Waals surface area contributed by atoms with Crippen LogP contribution < -0.4 is 16.0 Å². The number of fused-ring (bicyclic) bond motifs is 5. The SMILES string of the molecule is C1CCC(C2CCCC(C3CC4OC5CCC(C6NC(C7CCCCC7)NC(C7CCCCC7)N6)CC5C4C4CCCCC34)C2)CC1. The average molecular weight is 648 g/mol. The molecule has 0 aromatic rings. The van der Waals surface area contributed by atoms with Crippen LogP contribution in [0.3, 0.4) is 0 Å². The molecule has 266 valence electrons. The van der Waals surface area contributed by atoms with Crippen molar-refractivity contribution >= 4 is 0 Å². The largest absolute Gasteiger partial charge is 0.374 e. The Morgan fingerprint density at radius 3 is 1.49 bits per heavy atom. The van der Waals surface area contributed by atoms with Crippen molar-refractivity contribution in [2.75, 3.05) is 0 Å². The summed E-state index contributed by atoms with van der Waals surface area (Å²) in [4.78, 5) is 0.